The number of rotatable bonds is 3. The summed E-state index contributed by atoms with van der Waals surface area (Å²) in [6.07, 6.45) is 3.56. The summed E-state index contributed by atoms with van der Waals surface area (Å²) in [5, 5.41) is 10.3. The molecule has 1 aromatic carbocycles. The Morgan fingerprint density at radius 2 is 2.05 bits per heavy atom. The Bertz CT molecular complexity index is 832. The van der Waals surface area contributed by atoms with Crippen LogP contribution in [0, 0.1) is 0 Å². The number of hydrogen-bond donors (Lipinski definition) is 3. The fourth-order valence-corrected chi connectivity index (χ4v) is 1.97. The van der Waals surface area contributed by atoms with Crippen molar-refractivity contribution < 1.29 is 0 Å². The molecule has 0 amide bonds. The van der Waals surface area contributed by atoms with Gasteiger partial charge < -0.3 is 4.98 Å². The summed E-state index contributed by atoms with van der Waals surface area (Å²) in [7, 11) is 0. The van der Waals surface area contributed by atoms with E-state index in [1.807, 2.05) is 24.3 Å². The Morgan fingerprint density at radius 1 is 1.15 bits per heavy atom. The Morgan fingerprint density at radius 3 is 2.80 bits per heavy atom. The molecule has 0 saturated heterocycles. The monoisotopic (exact) mass is 269 g/mol. The Kier molecular flexibility index (Phi) is 3.00. The third-order valence-electron chi connectivity index (χ3n) is 2.93. The van der Waals surface area contributed by atoms with Gasteiger partial charge in [0.2, 0.25) is 0 Å². The van der Waals surface area contributed by atoms with Gasteiger partial charge in [0.15, 0.2) is 0 Å². The van der Waals surface area contributed by atoms with Crippen LogP contribution in [-0.2, 0) is 6.42 Å². The van der Waals surface area contributed by atoms with E-state index in [0.717, 1.165) is 16.8 Å². The molecule has 0 fully saturated rings. The minimum absolute atomic E-state index is 0.374. The summed E-state index contributed by atoms with van der Waals surface area (Å²) in [5.74, 6) is 0. The van der Waals surface area contributed by atoms with Gasteiger partial charge in [-0.25, -0.2) is 4.79 Å². The standard InChI is InChI=1S/C13H11N5O2/c19-12-10(6-14-13(20)16-12)5-8-2-1-3-9(4-8)11-7-15-18-17-11/h1-4,6-7H,5H2,(H,15,17,18)(H2,14,16,19,20). The number of benzene rings is 1. The molecule has 3 rings (SSSR count). The summed E-state index contributed by atoms with van der Waals surface area (Å²) in [6, 6.07) is 7.65. The number of aromatic amines is 3. The highest BCUT2D eigenvalue weighted by Gasteiger charge is 2.05. The molecule has 0 unspecified atom stereocenters. The molecule has 2 heterocycles. The number of hydrogen-bond acceptors (Lipinski definition) is 4. The van der Waals surface area contributed by atoms with Gasteiger partial charge >= 0.3 is 5.69 Å². The Balaban J connectivity index is 1.93. The molecule has 20 heavy (non-hydrogen) atoms. The van der Waals surface area contributed by atoms with Gasteiger partial charge in [-0.1, -0.05) is 23.4 Å². The Labute approximate surface area is 112 Å². The smallest absolute Gasteiger partial charge is 0.314 e. The van der Waals surface area contributed by atoms with E-state index < -0.39 is 5.69 Å². The second kappa shape index (κ2) is 4.96. The maximum Gasteiger partial charge on any atom is 0.325 e. The maximum absolute atomic E-state index is 11.7. The quantitative estimate of drug-likeness (QED) is 0.641. The second-order valence-electron chi connectivity index (χ2n) is 4.33. The van der Waals surface area contributed by atoms with Crippen molar-refractivity contribution in [3.05, 3.63) is 68.6 Å². The van der Waals surface area contributed by atoms with Gasteiger partial charge in [0, 0.05) is 29.9 Å². The van der Waals surface area contributed by atoms with E-state index in [0.29, 0.717) is 12.0 Å². The zero-order valence-electron chi connectivity index (χ0n) is 10.4. The number of nitrogens with one attached hydrogen (secondary N) is 3. The van der Waals surface area contributed by atoms with E-state index in [1.165, 1.54) is 6.20 Å². The summed E-state index contributed by atoms with van der Waals surface area (Å²) in [5.41, 5.74) is 2.22. The SMILES string of the molecule is O=c1[nH]cc(Cc2cccc(-c3c[nH]nn3)c2)c(=O)[nH]1. The van der Waals surface area contributed by atoms with E-state index in [9.17, 15) is 9.59 Å². The number of aromatic nitrogens is 5. The van der Waals surface area contributed by atoms with Gasteiger partial charge in [0.1, 0.15) is 5.69 Å². The van der Waals surface area contributed by atoms with Gasteiger partial charge in [-0.3, -0.25) is 14.9 Å². The first-order valence-corrected chi connectivity index (χ1v) is 5.99. The fourth-order valence-electron chi connectivity index (χ4n) is 1.97. The largest absolute Gasteiger partial charge is 0.325 e. The maximum atomic E-state index is 11.7. The molecular weight excluding hydrogens is 258 g/mol. The first-order valence-electron chi connectivity index (χ1n) is 5.99. The van der Waals surface area contributed by atoms with Crippen LogP contribution in [0.15, 0.2) is 46.2 Å². The van der Waals surface area contributed by atoms with Crippen molar-refractivity contribution in [2.45, 2.75) is 6.42 Å². The highest BCUT2D eigenvalue weighted by Crippen LogP contribution is 2.17. The highest BCUT2D eigenvalue weighted by atomic mass is 16.2. The molecule has 0 atom stereocenters. The van der Waals surface area contributed by atoms with Gasteiger partial charge in [-0.05, 0) is 11.6 Å². The summed E-state index contributed by atoms with van der Waals surface area (Å²) >= 11 is 0. The van der Waals surface area contributed by atoms with Crippen LogP contribution in [0.3, 0.4) is 0 Å². The molecule has 3 aromatic rings. The van der Waals surface area contributed by atoms with E-state index in [4.69, 9.17) is 0 Å². The third kappa shape index (κ3) is 2.41. The normalized spacial score (nSPS) is 10.6. The van der Waals surface area contributed by atoms with Crippen molar-refractivity contribution in [2.75, 3.05) is 0 Å². The van der Waals surface area contributed by atoms with Crippen LogP contribution in [-0.4, -0.2) is 25.4 Å². The molecule has 0 bridgehead atoms. The molecule has 2 aromatic heterocycles. The first-order chi connectivity index (χ1) is 9.72. The van der Waals surface area contributed by atoms with E-state index in [1.54, 1.807) is 6.20 Å². The van der Waals surface area contributed by atoms with Crippen LogP contribution < -0.4 is 11.2 Å². The van der Waals surface area contributed by atoms with E-state index in [2.05, 4.69) is 25.4 Å². The lowest BCUT2D eigenvalue weighted by molar-refractivity contribution is 0.942. The molecular formula is C13H11N5O2. The van der Waals surface area contributed by atoms with Gasteiger partial charge in [-0.2, -0.15) is 0 Å². The van der Waals surface area contributed by atoms with Crippen molar-refractivity contribution >= 4 is 0 Å². The second-order valence-corrected chi connectivity index (χ2v) is 4.33. The molecule has 0 radical (unpaired) electrons. The van der Waals surface area contributed by atoms with Crippen molar-refractivity contribution in [3.8, 4) is 11.3 Å². The summed E-state index contributed by atoms with van der Waals surface area (Å²) in [4.78, 5) is 27.3. The minimum Gasteiger partial charge on any atom is -0.314 e. The average Bonchev–Trinajstić information content (AvgIpc) is 2.96. The van der Waals surface area contributed by atoms with Crippen molar-refractivity contribution in [3.63, 3.8) is 0 Å². The van der Waals surface area contributed by atoms with Gasteiger partial charge in [0.05, 0.1) is 0 Å². The van der Waals surface area contributed by atoms with Gasteiger partial charge in [-0.15, -0.1) is 5.10 Å². The number of H-pyrrole nitrogens is 3. The molecule has 0 saturated carbocycles. The average molecular weight is 269 g/mol. The molecule has 100 valence electrons. The predicted molar refractivity (Wildman–Crippen MR) is 72.3 cm³/mol. The molecule has 0 aliphatic rings. The lowest BCUT2D eigenvalue weighted by Gasteiger charge is -2.03. The van der Waals surface area contributed by atoms with Crippen molar-refractivity contribution in [1.82, 2.24) is 25.4 Å². The van der Waals surface area contributed by atoms with Crippen LogP contribution in [0.4, 0.5) is 0 Å². The fraction of sp³-hybridized carbons (Fsp3) is 0.0769. The van der Waals surface area contributed by atoms with Gasteiger partial charge in [0.25, 0.3) is 5.56 Å². The topological polar surface area (TPSA) is 107 Å². The van der Waals surface area contributed by atoms with Crippen LogP contribution >= 0.6 is 0 Å². The zero-order valence-corrected chi connectivity index (χ0v) is 10.4. The first kappa shape index (κ1) is 12.1. The molecule has 3 N–H and O–H groups in total. The van der Waals surface area contributed by atoms with E-state index >= 15 is 0 Å². The molecule has 7 heteroatoms. The molecule has 0 aliphatic carbocycles. The third-order valence-corrected chi connectivity index (χ3v) is 2.93. The van der Waals surface area contributed by atoms with Crippen molar-refractivity contribution in [2.24, 2.45) is 0 Å². The van der Waals surface area contributed by atoms with Crippen molar-refractivity contribution in [1.29, 1.82) is 0 Å². The van der Waals surface area contributed by atoms with E-state index in [-0.39, 0.29) is 5.56 Å². The molecule has 0 aliphatic heterocycles. The predicted octanol–water partition coefficient (Wildman–Crippen LogP) is 0.439. The van der Waals surface area contributed by atoms with Crippen LogP contribution in [0.1, 0.15) is 11.1 Å². The van der Waals surface area contributed by atoms with Crippen LogP contribution in [0.5, 0.6) is 0 Å². The summed E-state index contributed by atoms with van der Waals surface area (Å²) < 4.78 is 0. The summed E-state index contributed by atoms with van der Waals surface area (Å²) in [6.45, 7) is 0. The molecule has 7 nitrogen and oxygen atoms in total. The lowest BCUT2D eigenvalue weighted by Crippen LogP contribution is -2.24. The minimum atomic E-state index is -0.505. The highest BCUT2D eigenvalue weighted by molar-refractivity contribution is 5.58. The number of nitrogens with zero attached hydrogens (tertiary/aromatic N) is 2. The Hall–Kier alpha value is -2.96. The molecule has 0 spiro atoms. The van der Waals surface area contributed by atoms with Crippen LogP contribution in [0.25, 0.3) is 11.3 Å². The van der Waals surface area contributed by atoms with Crippen LogP contribution in [0.2, 0.25) is 0 Å². The zero-order chi connectivity index (χ0) is 13.9. The lowest BCUT2D eigenvalue weighted by atomic mass is 10.0.